The zero-order valence-corrected chi connectivity index (χ0v) is 14.9. The molecule has 3 rings (SSSR count). The van der Waals surface area contributed by atoms with Crippen LogP contribution in [0.5, 0.6) is 0 Å². The molecule has 1 aromatic heterocycles. The Hall–Kier alpha value is -3.23. The highest BCUT2D eigenvalue weighted by Crippen LogP contribution is 2.18. The summed E-state index contributed by atoms with van der Waals surface area (Å²) in [5, 5.41) is 9.99. The van der Waals surface area contributed by atoms with Gasteiger partial charge in [0.1, 0.15) is 0 Å². The second-order valence-corrected chi connectivity index (χ2v) is 6.47. The molecule has 0 spiro atoms. The van der Waals surface area contributed by atoms with Crippen molar-refractivity contribution >= 4 is 28.6 Å². The van der Waals surface area contributed by atoms with Crippen LogP contribution in [0, 0.1) is 0 Å². The highest BCUT2D eigenvalue weighted by Gasteiger charge is 2.24. The van der Waals surface area contributed by atoms with Gasteiger partial charge >= 0.3 is 5.97 Å². The van der Waals surface area contributed by atoms with Gasteiger partial charge in [0, 0.05) is 18.5 Å². The number of carbonyl (C=O) groups is 3. The van der Waals surface area contributed by atoms with Crippen LogP contribution < -0.4 is 10.9 Å². The second kappa shape index (κ2) is 7.98. The second-order valence-electron chi connectivity index (χ2n) is 6.47. The van der Waals surface area contributed by atoms with Gasteiger partial charge in [-0.05, 0) is 18.9 Å². The molecule has 2 N–H and O–H groups in total. The number of likely N-dealkylation sites (N-methyl/N-ethyl adjacent to an activating group) is 1. The van der Waals surface area contributed by atoms with Gasteiger partial charge in [-0.25, -0.2) is 5.10 Å². The Bertz CT molecular complexity index is 935. The lowest BCUT2D eigenvalue weighted by Crippen LogP contribution is -2.40. The first-order valence-electron chi connectivity index (χ1n) is 8.59. The van der Waals surface area contributed by atoms with Gasteiger partial charge in [0.2, 0.25) is 5.91 Å². The Labute approximate surface area is 154 Å². The lowest BCUT2D eigenvalue weighted by molar-refractivity contribution is -0.151. The van der Waals surface area contributed by atoms with Gasteiger partial charge in [0.25, 0.3) is 11.5 Å². The van der Waals surface area contributed by atoms with E-state index in [0.717, 1.165) is 12.8 Å². The van der Waals surface area contributed by atoms with Crippen molar-refractivity contribution in [1.82, 2.24) is 20.4 Å². The van der Waals surface area contributed by atoms with Gasteiger partial charge < -0.3 is 15.0 Å². The van der Waals surface area contributed by atoms with E-state index in [2.05, 4.69) is 15.5 Å². The maximum Gasteiger partial charge on any atom is 0.312 e. The van der Waals surface area contributed by atoms with Gasteiger partial charge in [0.15, 0.2) is 6.61 Å². The number of nitrogens with one attached hydrogen (secondary N) is 2. The van der Waals surface area contributed by atoms with Crippen LogP contribution in [-0.2, 0) is 25.5 Å². The third-order valence-electron chi connectivity index (χ3n) is 4.19. The molecule has 1 fully saturated rings. The van der Waals surface area contributed by atoms with E-state index in [0.29, 0.717) is 16.5 Å². The molecule has 1 aliphatic carbocycles. The quantitative estimate of drug-likeness (QED) is 0.646. The summed E-state index contributed by atoms with van der Waals surface area (Å²) in [6.07, 6.45) is 1.75. The number of aromatic nitrogens is 2. The Morgan fingerprint density at radius 1 is 1.26 bits per heavy atom. The summed E-state index contributed by atoms with van der Waals surface area (Å²) in [6.45, 7) is -0.549. The average Bonchev–Trinajstić information content (AvgIpc) is 3.46. The SMILES string of the molecule is CN(CC(=O)NC1CC1)C(=O)COC(=O)Cc1n[nH]c(=O)c2ccccc12. The highest BCUT2D eigenvalue weighted by atomic mass is 16.5. The number of carbonyl (C=O) groups excluding carboxylic acids is 3. The summed E-state index contributed by atoms with van der Waals surface area (Å²) < 4.78 is 4.99. The molecule has 27 heavy (non-hydrogen) atoms. The van der Waals surface area contributed by atoms with Gasteiger partial charge in [-0.2, -0.15) is 5.10 Å². The summed E-state index contributed by atoms with van der Waals surface area (Å²) in [5.41, 5.74) is 0.0174. The summed E-state index contributed by atoms with van der Waals surface area (Å²) in [4.78, 5) is 48.7. The number of esters is 1. The molecule has 9 nitrogen and oxygen atoms in total. The Morgan fingerprint density at radius 2 is 1.96 bits per heavy atom. The molecular formula is C18H20N4O5. The van der Waals surface area contributed by atoms with Crippen LogP contribution in [0.25, 0.3) is 10.8 Å². The van der Waals surface area contributed by atoms with E-state index in [-0.39, 0.29) is 30.5 Å². The van der Waals surface area contributed by atoms with Crippen molar-refractivity contribution in [2.24, 2.45) is 0 Å². The molecule has 0 saturated heterocycles. The van der Waals surface area contributed by atoms with Gasteiger partial charge in [-0.1, -0.05) is 18.2 Å². The molecule has 2 aromatic rings. The van der Waals surface area contributed by atoms with Crippen LogP contribution in [0.1, 0.15) is 18.5 Å². The largest absolute Gasteiger partial charge is 0.455 e. The zero-order chi connectivity index (χ0) is 19.4. The number of amides is 2. The molecule has 1 saturated carbocycles. The molecule has 0 aliphatic heterocycles. The number of H-pyrrole nitrogens is 1. The van der Waals surface area contributed by atoms with E-state index in [9.17, 15) is 19.2 Å². The third kappa shape index (κ3) is 4.90. The van der Waals surface area contributed by atoms with Crippen molar-refractivity contribution in [3.63, 3.8) is 0 Å². The molecule has 0 atom stereocenters. The molecule has 1 aromatic carbocycles. The van der Waals surface area contributed by atoms with Crippen LogP contribution in [0.3, 0.4) is 0 Å². The molecule has 0 unspecified atom stereocenters. The van der Waals surface area contributed by atoms with Crippen molar-refractivity contribution in [3.05, 3.63) is 40.3 Å². The topological polar surface area (TPSA) is 121 Å². The monoisotopic (exact) mass is 372 g/mol. The molecule has 0 radical (unpaired) electrons. The van der Waals surface area contributed by atoms with Crippen LogP contribution in [0.4, 0.5) is 0 Å². The maximum absolute atomic E-state index is 12.0. The van der Waals surface area contributed by atoms with Crippen molar-refractivity contribution < 1.29 is 19.1 Å². The van der Waals surface area contributed by atoms with E-state index in [1.54, 1.807) is 24.3 Å². The Balaban J connectivity index is 1.52. The molecule has 0 bridgehead atoms. The molecular weight excluding hydrogens is 352 g/mol. The first kappa shape index (κ1) is 18.6. The minimum atomic E-state index is -0.649. The van der Waals surface area contributed by atoms with Crippen LogP contribution >= 0.6 is 0 Å². The Morgan fingerprint density at radius 3 is 2.67 bits per heavy atom. The number of benzene rings is 1. The molecule has 1 heterocycles. The van der Waals surface area contributed by atoms with Crippen LogP contribution in [0.15, 0.2) is 29.1 Å². The lowest BCUT2D eigenvalue weighted by Gasteiger charge is -2.16. The maximum atomic E-state index is 12.0. The van der Waals surface area contributed by atoms with Crippen molar-refractivity contribution in [3.8, 4) is 0 Å². The number of ether oxygens (including phenoxy) is 1. The number of nitrogens with zero attached hydrogens (tertiary/aromatic N) is 2. The summed E-state index contributed by atoms with van der Waals surface area (Å²) in [5.74, 6) is -1.36. The minimum absolute atomic E-state index is 0.0843. The number of rotatable bonds is 7. The number of hydrogen-bond acceptors (Lipinski definition) is 6. The fourth-order valence-corrected chi connectivity index (χ4v) is 2.55. The molecule has 142 valence electrons. The predicted octanol–water partition coefficient (Wildman–Crippen LogP) is -0.254. The first-order chi connectivity index (χ1) is 12.9. The highest BCUT2D eigenvalue weighted by molar-refractivity contribution is 5.88. The number of fused-ring (bicyclic) bond motifs is 1. The van der Waals surface area contributed by atoms with Crippen molar-refractivity contribution in [2.45, 2.75) is 25.3 Å². The standard InChI is InChI=1S/C18H20N4O5/c1-22(9-15(23)19-11-6-7-11)16(24)10-27-17(25)8-14-12-4-2-3-5-13(12)18(26)21-20-14/h2-5,11H,6-10H2,1H3,(H,19,23)(H,21,26). The Kier molecular flexibility index (Phi) is 5.49. The summed E-state index contributed by atoms with van der Waals surface area (Å²) >= 11 is 0. The molecule has 1 aliphatic rings. The van der Waals surface area contributed by atoms with E-state index in [1.807, 2.05) is 0 Å². The summed E-state index contributed by atoms with van der Waals surface area (Å²) in [6, 6.07) is 7.00. The molecule has 2 amide bonds. The van der Waals surface area contributed by atoms with Crippen molar-refractivity contribution in [1.29, 1.82) is 0 Å². The lowest BCUT2D eigenvalue weighted by atomic mass is 10.1. The van der Waals surface area contributed by atoms with Gasteiger partial charge in [-0.3, -0.25) is 19.2 Å². The van der Waals surface area contributed by atoms with Crippen LogP contribution in [-0.4, -0.2) is 59.1 Å². The van der Waals surface area contributed by atoms with E-state index >= 15 is 0 Å². The summed E-state index contributed by atoms with van der Waals surface area (Å²) in [7, 11) is 1.47. The minimum Gasteiger partial charge on any atom is -0.455 e. The fraction of sp³-hybridized carbons (Fsp3) is 0.389. The van der Waals surface area contributed by atoms with Gasteiger partial charge in [0.05, 0.1) is 24.0 Å². The van der Waals surface area contributed by atoms with E-state index in [4.69, 9.17) is 4.74 Å². The van der Waals surface area contributed by atoms with Crippen molar-refractivity contribution in [2.75, 3.05) is 20.2 Å². The zero-order valence-electron chi connectivity index (χ0n) is 14.9. The average molecular weight is 372 g/mol. The fourth-order valence-electron chi connectivity index (χ4n) is 2.55. The third-order valence-corrected chi connectivity index (χ3v) is 4.19. The smallest absolute Gasteiger partial charge is 0.312 e. The predicted molar refractivity (Wildman–Crippen MR) is 95.8 cm³/mol. The van der Waals surface area contributed by atoms with Gasteiger partial charge in [-0.15, -0.1) is 0 Å². The number of aromatic amines is 1. The van der Waals surface area contributed by atoms with Crippen LogP contribution in [0.2, 0.25) is 0 Å². The van der Waals surface area contributed by atoms with E-state index < -0.39 is 18.5 Å². The normalized spacial score (nSPS) is 13.2. The molecule has 9 heteroatoms. The number of hydrogen-bond donors (Lipinski definition) is 2. The first-order valence-corrected chi connectivity index (χ1v) is 8.59. The van der Waals surface area contributed by atoms with E-state index in [1.165, 1.54) is 11.9 Å².